The molecule has 0 aliphatic rings. The van der Waals surface area contributed by atoms with E-state index in [2.05, 4.69) is 9.71 Å². The average molecular weight is 420 g/mol. The van der Waals surface area contributed by atoms with Crippen LogP contribution in [0.25, 0.3) is 0 Å². The number of rotatable bonds is 6. The van der Waals surface area contributed by atoms with Crippen molar-refractivity contribution in [3.63, 3.8) is 0 Å². The molecular weight excluding hydrogens is 402 g/mol. The lowest BCUT2D eigenvalue weighted by Gasteiger charge is -2.12. The lowest BCUT2D eigenvalue weighted by molar-refractivity contribution is 0.1000. The zero-order valence-corrected chi connectivity index (χ0v) is 17.0. The number of aromatic nitrogens is 1. The van der Waals surface area contributed by atoms with Crippen LogP contribution in [0.2, 0.25) is 0 Å². The Bertz CT molecular complexity index is 1090. The molecule has 3 rings (SSSR count). The third-order valence-electron chi connectivity index (χ3n) is 3.69. The second-order valence-corrected chi connectivity index (χ2v) is 9.69. The first kappa shape index (κ1) is 19.4. The highest BCUT2D eigenvalue weighted by molar-refractivity contribution is 8.01. The molecule has 2 aromatic carbocycles. The van der Waals surface area contributed by atoms with Crippen molar-refractivity contribution < 1.29 is 13.2 Å². The van der Waals surface area contributed by atoms with Crippen LogP contribution in [-0.2, 0) is 10.0 Å². The first-order valence-electron chi connectivity index (χ1n) is 7.88. The Morgan fingerprint density at radius 3 is 2.41 bits per heavy atom. The number of anilines is 1. The van der Waals surface area contributed by atoms with Crippen molar-refractivity contribution >= 4 is 44.7 Å². The van der Waals surface area contributed by atoms with Gasteiger partial charge in [-0.05, 0) is 61.9 Å². The highest BCUT2D eigenvalue weighted by Gasteiger charge is 2.16. The molecule has 0 radical (unpaired) electrons. The summed E-state index contributed by atoms with van der Waals surface area (Å²) in [4.78, 5) is 16.6. The van der Waals surface area contributed by atoms with E-state index in [9.17, 15) is 13.2 Å². The largest absolute Gasteiger partial charge is 0.366 e. The number of hydrogen-bond acceptors (Lipinski definition) is 6. The Kier molecular flexibility index (Phi) is 5.54. The molecule has 140 valence electrons. The Balaban J connectivity index is 1.78. The van der Waals surface area contributed by atoms with Gasteiger partial charge in [-0.2, -0.15) is 0 Å². The van der Waals surface area contributed by atoms with Crippen molar-refractivity contribution in [2.75, 3.05) is 4.72 Å². The maximum Gasteiger partial charge on any atom is 0.261 e. The number of benzene rings is 2. The van der Waals surface area contributed by atoms with Crippen LogP contribution in [0, 0.1) is 13.8 Å². The van der Waals surface area contributed by atoms with E-state index >= 15 is 0 Å². The summed E-state index contributed by atoms with van der Waals surface area (Å²) >= 11 is 3.11. The van der Waals surface area contributed by atoms with Gasteiger partial charge in [0.25, 0.3) is 10.0 Å². The predicted molar refractivity (Wildman–Crippen MR) is 108 cm³/mol. The van der Waals surface area contributed by atoms with Gasteiger partial charge >= 0.3 is 0 Å². The molecule has 3 N–H and O–H groups in total. The zero-order valence-electron chi connectivity index (χ0n) is 14.6. The summed E-state index contributed by atoms with van der Waals surface area (Å²) in [5.41, 5.74) is 7.70. The highest BCUT2D eigenvalue weighted by atomic mass is 32.2. The van der Waals surface area contributed by atoms with Gasteiger partial charge in [-0.3, -0.25) is 9.52 Å². The van der Waals surface area contributed by atoms with Crippen LogP contribution in [0.4, 0.5) is 5.69 Å². The van der Waals surface area contributed by atoms with Crippen LogP contribution in [0.3, 0.4) is 0 Å². The van der Waals surface area contributed by atoms with E-state index in [0.29, 0.717) is 5.69 Å². The molecule has 0 spiro atoms. The van der Waals surface area contributed by atoms with E-state index in [4.69, 9.17) is 5.73 Å². The van der Waals surface area contributed by atoms with Gasteiger partial charge in [-0.15, -0.1) is 11.3 Å². The molecule has 0 bridgehead atoms. The summed E-state index contributed by atoms with van der Waals surface area (Å²) in [6.07, 6.45) is 0. The third kappa shape index (κ3) is 4.68. The molecule has 3 aromatic rings. The normalized spacial score (nSPS) is 11.3. The molecule has 1 amide bonds. The van der Waals surface area contributed by atoms with E-state index in [0.717, 1.165) is 20.5 Å². The van der Waals surface area contributed by atoms with Crippen molar-refractivity contribution in [3.05, 3.63) is 64.7 Å². The zero-order chi connectivity index (χ0) is 19.6. The van der Waals surface area contributed by atoms with E-state index in [-0.39, 0.29) is 10.5 Å². The minimum atomic E-state index is -3.77. The van der Waals surface area contributed by atoms with Crippen molar-refractivity contribution in [2.45, 2.75) is 28.0 Å². The van der Waals surface area contributed by atoms with Crippen LogP contribution in [0.1, 0.15) is 21.6 Å². The van der Waals surface area contributed by atoms with Crippen molar-refractivity contribution in [1.29, 1.82) is 0 Å². The summed E-state index contributed by atoms with van der Waals surface area (Å²) in [6.45, 7) is 3.78. The minimum absolute atomic E-state index is 0.0589. The van der Waals surface area contributed by atoms with Gasteiger partial charge < -0.3 is 5.73 Å². The number of thiazole rings is 1. The number of nitrogens with two attached hydrogens (primary N) is 1. The number of nitrogens with zero attached hydrogens (tertiary/aromatic N) is 1. The van der Waals surface area contributed by atoms with Crippen molar-refractivity contribution in [3.8, 4) is 0 Å². The van der Waals surface area contributed by atoms with E-state index in [1.165, 1.54) is 36.0 Å². The SMILES string of the molecule is Cc1csc(Sc2ccc(NS(=O)(=O)c3ccc(C(N)=O)cc3)c(C)c2)n1. The topological polar surface area (TPSA) is 102 Å². The Hall–Kier alpha value is -2.36. The Morgan fingerprint density at radius 2 is 1.85 bits per heavy atom. The molecular formula is C18H17N3O3S3. The van der Waals surface area contributed by atoms with Gasteiger partial charge in [0.05, 0.1) is 10.6 Å². The van der Waals surface area contributed by atoms with Crippen LogP contribution < -0.4 is 10.5 Å². The van der Waals surface area contributed by atoms with Gasteiger partial charge in [0.1, 0.15) is 0 Å². The molecule has 0 atom stereocenters. The highest BCUT2D eigenvalue weighted by Crippen LogP contribution is 2.32. The van der Waals surface area contributed by atoms with Crippen molar-refractivity contribution in [1.82, 2.24) is 4.98 Å². The van der Waals surface area contributed by atoms with Gasteiger partial charge in [-0.25, -0.2) is 13.4 Å². The summed E-state index contributed by atoms with van der Waals surface area (Å²) in [5, 5.41) is 1.99. The maximum absolute atomic E-state index is 12.6. The van der Waals surface area contributed by atoms with Gasteiger partial charge in [0, 0.05) is 21.5 Å². The maximum atomic E-state index is 12.6. The van der Waals surface area contributed by atoms with Crippen LogP contribution in [0.15, 0.2) is 62.0 Å². The summed E-state index contributed by atoms with van der Waals surface area (Å²) in [7, 11) is -3.77. The molecule has 9 heteroatoms. The molecule has 0 aliphatic carbocycles. The molecule has 0 aliphatic heterocycles. The number of nitrogens with one attached hydrogen (secondary N) is 1. The fraction of sp³-hybridized carbons (Fsp3) is 0.111. The Morgan fingerprint density at radius 1 is 1.15 bits per heavy atom. The molecule has 27 heavy (non-hydrogen) atoms. The van der Waals surface area contributed by atoms with E-state index in [1.807, 2.05) is 31.4 Å². The van der Waals surface area contributed by atoms with Crippen LogP contribution >= 0.6 is 23.1 Å². The molecule has 0 saturated heterocycles. The third-order valence-corrected chi connectivity index (χ3v) is 7.12. The second-order valence-electron chi connectivity index (χ2n) is 5.83. The molecule has 0 saturated carbocycles. The number of aryl methyl sites for hydroxylation is 2. The fourth-order valence-corrected chi connectivity index (χ4v) is 5.34. The van der Waals surface area contributed by atoms with Gasteiger partial charge in [0.2, 0.25) is 5.91 Å². The summed E-state index contributed by atoms with van der Waals surface area (Å²) in [6, 6.07) is 11.0. The van der Waals surface area contributed by atoms with Gasteiger partial charge in [0.15, 0.2) is 4.34 Å². The van der Waals surface area contributed by atoms with E-state index in [1.54, 1.807) is 17.4 Å². The second kappa shape index (κ2) is 7.71. The minimum Gasteiger partial charge on any atom is -0.366 e. The molecule has 0 fully saturated rings. The molecule has 1 heterocycles. The molecule has 0 unspecified atom stereocenters. The number of carbonyl (C=O) groups excluding carboxylic acids is 1. The fourth-order valence-electron chi connectivity index (χ4n) is 2.30. The van der Waals surface area contributed by atoms with Crippen molar-refractivity contribution in [2.24, 2.45) is 5.73 Å². The average Bonchev–Trinajstić information content (AvgIpc) is 3.02. The van der Waals surface area contributed by atoms with E-state index < -0.39 is 15.9 Å². The first-order chi connectivity index (χ1) is 12.7. The first-order valence-corrected chi connectivity index (χ1v) is 11.1. The molecule has 1 aromatic heterocycles. The monoisotopic (exact) mass is 419 g/mol. The summed E-state index contributed by atoms with van der Waals surface area (Å²) < 4.78 is 28.7. The smallest absolute Gasteiger partial charge is 0.261 e. The number of carbonyl (C=O) groups is 1. The number of primary amides is 1. The van der Waals surface area contributed by atoms with Crippen LogP contribution in [-0.4, -0.2) is 19.3 Å². The van der Waals surface area contributed by atoms with Crippen LogP contribution in [0.5, 0.6) is 0 Å². The number of hydrogen-bond donors (Lipinski definition) is 2. The predicted octanol–water partition coefficient (Wildman–Crippen LogP) is 3.81. The lowest BCUT2D eigenvalue weighted by Crippen LogP contribution is -2.15. The quantitative estimate of drug-likeness (QED) is 0.632. The van der Waals surface area contributed by atoms with Gasteiger partial charge in [-0.1, -0.05) is 11.8 Å². The summed E-state index contributed by atoms with van der Waals surface area (Å²) in [5.74, 6) is -0.605. The molecule has 6 nitrogen and oxygen atoms in total. The number of sulfonamides is 1. The number of amides is 1. The Labute approximate surface area is 165 Å². The standard InChI is InChI=1S/C18H17N3O3S3/c1-11-9-14(26-18-20-12(2)10-25-18)5-8-16(11)21-27(23,24)15-6-3-13(4-7-15)17(19)22/h3-10,21H,1-2H3,(H2,19,22). The lowest BCUT2D eigenvalue weighted by atomic mass is 10.2.